The van der Waals surface area contributed by atoms with Gasteiger partial charge in [-0.15, -0.1) is 0 Å². The summed E-state index contributed by atoms with van der Waals surface area (Å²) in [4.78, 5) is 0. The van der Waals surface area contributed by atoms with E-state index in [4.69, 9.17) is 0 Å². The van der Waals surface area contributed by atoms with Crippen LogP contribution in [0.15, 0.2) is 45.3 Å². The Morgan fingerprint density at radius 1 is 0.941 bits per heavy atom. The van der Waals surface area contributed by atoms with Crippen molar-refractivity contribution in [2.45, 2.75) is 13.3 Å². The van der Waals surface area contributed by atoms with Crippen molar-refractivity contribution in [3.63, 3.8) is 0 Å². The van der Waals surface area contributed by atoms with Gasteiger partial charge in [0.15, 0.2) is 0 Å². The van der Waals surface area contributed by atoms with Crippen molar-refractivity contribution in [3.8, 4) is 5.75 Å². The molecule has 3 heteroatoms. The van der Waals surface area contributed by atoms with Crippen LogP contribution in [0.1, 0.15) is 16.7 Å². The van der Waals surface area contributed by atoms with Gasteiger partial charge < -0.3 is 5.11 Å². The summed E-state index contributed by atoms with van der Waals surface area (Å²) in [6.07, 6.45) is 0.859. The molecule has 17 heavy (non-hydrogen) atoms. The van der Waals surface area contributed by atoms with Crippen LogP contribution in [0.5, 0.6) is 5.75 Å². The number of hydrogen-bond acceptors (Lipinski definition) is 1. The molecule has 0 atom stereocenters. The second-order valence-corrected chi connectivity index (χ2v) is 5.78. The Bertz CT molecular complexity index is 509. The molecule has 0 fully saturated rings. The van der Waals surface area contributed by atoms with Crippen molar-refractivity contribution in [2.75, 3.05) is 0 Å². The fourth-order valence-electron chi connectivity index (χ4n) is 1.66. The first-order valence-electron chi connectivity index (χ1n) is 5.28. The summed E-state index contributed by atoms with van der Waals surface area (Å²) < 4.78 is 1.43. The van der Waals surface area contributed by atoms with Crippen molar-refractivity contribution in [3.05, 3.63) is 62.0 Å². The Morgan fingerprint density at radius 2 is 1.47 bits per heavy atom. The van der Waals surface area contributed by atoms with Gasteiger partial charge in [-0.1, -0.05) is 29.8 Å². The Morgan fingerprint density at radius 3 is 2.00 bits per heavy atom. The molecule has 2 aromatic carbocycles. The number of aryl methyl sites for hydroxylation is 1. The van der Waals surface area contributed by atoms with Crippen molar-refractivity contribution in [1.29, 1.82) is 0 Å². The highest BCUT2D eigenvalue weighted by Gasteiger charge is 2.06. The van der Waals surface area contributed by atoms with Gasteiger partial charge in [-0.05, 0) is 68.5 Å². The minimum Gasteiger partial charge on any atom is -0.506 e. The van der Waals surface area contributed by atoms with E-state index in [0.717, 1.165) is 12.0 Å². The normalized spacial score (nSPS) is 10.5. The van der Waals surface area contributed by atoms with E-state index in [2.05, 4.69) is 63.0 Å². The maximum atomic E-state index is 9.64. The SMILES string of the molecule is Cc1ccc(Cc2cc(Br)c(O)c(Br)c2)cc1. The number of hydrogen-bond donors (Lipinski definition) is 1. The second kappa shape index (κ2) is 5.23. The van der Waals surface area contributed by atoms with E-state index < -0.39 is 0 Å². The molecular weight excluding hydrogens is 344 g/mol. The first-order valence-corrected chi connectivity index (χ1v) is 6.87. The predicted molar refractivity (Wildman–Crippen MR) is 77.5 cm³/mol. The summed E-state index contributed by atoms with van der Waals surface area (Å²) >= 11 is 6.68. The number of phenols is 1. The molecule has 0 spiro atoms. The molecular formula is C14H12Br2O. The van der Waals surface area contributed by atoms with Crippen LogP contribution < -0.4 is 0 Å². The molecule has 0 heterocycles. The average Bonchev–Trinajstić information content (AvgIpc) is 2.29. The number of rotatable bonds is 2. The number of benzene rings is 2. The van der Waals surface area contributed by atoms with Crippen LogP contribution in [0, 0.1) is 6.92 Å². The van der Waals surface area contributed by atoms with Gasteiger partial charge in [-0.25, -0.2) is 0 Å². The van der Waals surface area contributed by atoms with Crippen LogP contribution in [0.4, 0.5) is 0 Å². The van der Waals surface area contributed by atoms with E-state index in [9.17, 15) is 5.11 Å². The van der Waals surface area contributed by atoms with E-state index >= 15 is 0 Å². The Kier molecular flexibility index (Phi) is 3.89. The molecule has 0 aromatic heterocycles. The van der Waals surface area contributed by atoms with Gasteiger partial charge >= 0.3 is 0 Å². The zero-order valence-electron chi connectivity index (χ0n) is 9.37. The summed E-state index contributed by atoms with van der Waals surface area (Å²) in [7, 11) is 0. The third kappa shape index (κ3) is 3.11. The van der Waals surface area contributed by atoms with Crippen molar-refractivity contribution < 1.29 is 5.11 Å². The largest absolute Gasteiger partial charge is 0.506 e. The van der Waals surface area contributed by atoms with Crippen LogP contribution in [0.3, 0.4) is 0 Å². The standard InChI is InChI=1S/C14H12Br2O/c1-9-2-4-10(5-3-9)6-11-7-12(15)14(17)13(16)8-11/h2-5,7-8,17H,6H2,1H3. The smallest absolute Gasteiger partial charge is 0.143 e. The van der Waals surface area contributed by atoms with Gasteiger partial charge in [-0.3, -0.25) is 0 Å². The average molecular weight is 356 g/mol. The lowest BCUT2D eigenvalue weighted by atomic mass is 10.0. The third-order valence-corrected chi connectivity index (χ3v) is 3.81. The zero-order chi connectivity index (χ0) is 12.4. The summed E-state index contributed by atoms with van der Waals surface area (Å²) in [5.41, 5.74) is 3.69. The van der Waals surface area contributed by atoms with Gasteiger partial charge in [-0.2, -0.15) is 0 Å². The van der Waals surface area contributed by atoms with Gasteiger partial charge in [0.2, 0.25) is 0 Å². The maximum absolute atomic E-state index is 9.64. The fraction of sp³-hybridized carbons (Fsp3) is 0.143. The minimum atomic E-state index is 0.248. The molecule has 0 unspecified atom stereocenters. The molecule has 88 valence electrons. The number of aromatic hydroxyl groups is 1. The molecule has 1 N–H and O–H groups in total. The number of phenolic OH excluding ortho intramolecular Hbond substituents is 1. The lowest BCUT2D eigenvalue weighted by molar-refractivity contribution is 0.468. The van der Waals surface area contributed by atoms with Crippen molar-refractivity contribution in [2.24, 2.45) is 0 Å². The highest BCUT2D eigenvalue weighted by Crippen LogP contribution is 2.33. The van der Waals surface area contributed by atoms with Crippen LogP contribution in [-0.2, 0) is 6.42 Å². The molecule has 2 rings (SSSR count). The summed E-state index contributed by atoms with van der Waals surface area (Å²) in [6, 6.07) is 12.4. The minimum absolute atomic E-state index is 0.248. The van der Waals surface area contributed by atoms with E-state index in [1.165, 1.54) is 11.1 Å². The zero-order valence-corrected chi connectivity index (χ0v) is 12.5. The van der Waals surface area contributed by atoms with E-state index in [1.54, 1.807) is 0 Å². The number of halogens is 2. The molecule has 0 aliphatic heterocycles. The van der Waals surface area contributed by atoms with Crippen molar-refractivity contribution >= 4 is 31.9 Å². The summed E-state index contributed by atoms with van der Waals surface area (Å²) in [5.74, 6) is 0.248. The van der Waals surface area contributed by atoms with Crippen LogP contribution in [0.2, 0.25) is 0 Å². The van der Waals surface area contributed by atoms with Gasteiger partial charge in [0, 0.05) is 0 Å². The molecule has 0 saturated carbocycles. The molecule has 0 aliphatic rings. The van der Waals surface area contributed by atoms with E-state index in [0.29, 0.717) is 8.95 Å². The Hall–Kier alpha value is -0.800. The lowest BCUT2D eigenvalue weighted by Crippen LogP contribution is -1.89. The monoisotopic (exact) mass is 354 g/mol. The quantitative estimate of drug-likeness (QED) is 0.819. The summed E-state index contributed by atoms with van der Waals surface area (Å²) in [6.45, 7) is 2.08. The Labute approximate surface area is 118 Å². The molecule has 0 aliphatic carbocycles. The first-order chi connectivity index (χ1) is 8.06. The summed E-state index contributed by atoms with van der Waals surface area (Å²) in [5, 5.41) is 9.64. The molecule has 0 amide bonds. The highest BCUT2D eigenvalue weighted by molar-refractivity contribution is 9.11. The van der Waals surface area contributed by atoms with Crippen LogP contribution >= 0.6 is 31.9 Å². The molecule has 0 bridgehead atoms. The molecule has 0 radical (unpaired) electrons. The Balaban J connectivity index is 2.27. The first kappa shape index (κ1) is 12.7. The van der Waals surface area contributed by atoms with Gasteiger partial charge in [0.05, 0.1) is 8.95 Å². The fourth-order valence-corrected chi connectivity index (χ4v) is 2.94. The second-order valence-electron chi connectivity index (χ2n) is 4.07. The van der Waals surface area contributed by atoms with Gasteiger partial charge in [0.25, 0.3) is 0 Å². The molecule has 0 saturated heterocycles. The van der Waals surface area contributed by atoms with Crippen molar-refractivity contribution in [1.82, 2.24) is 0 Å². The van der Waals surface area contributed by atoms with Gasteiger partial charge in [0.1, 0.15) is 5.75 Å². The predicted octanol–water partition coefficient (Wildman–Crippen LogP) is 4.82. The molecule has 2 aromatic rings. The lowest BCUT2D eigenvalue weighted by Gasteiger charge is -2.06. The van der Waals surface area contributed by atoms with E-state index in [1.807, 2.05) is 12.1 Å². The molecule has 1 nitrogen and oxygen atoms in total. The topological polar surface area (TPSA) is 20.2 Å². The van der Waals surface area contributed by atoms with Crippen LogP contribution in [0.25, 0.3) is 0 Å². The third-order valence-electron chi connectivity index (χ3n) is 2.61. The maximum Gasteiger partial charge on any atom is 0.143 e. The van der Waals surface area contributed by atoms with E-state index in [-0.39, 0.29) is 5.75 Å². The highest BCUT2D eigenvalue weighted by atomic mass is 79.9. The van der Waals surface area contributed by atoms with Crippen LogP contribution in [-0.4, -0.2) is 5.11 Å².